The van der Waals surface area contributed by atoms with Crippen LogP contribution in [0, 0.1) is 17.0 Å². The second-order valence-electron chi connectivity index (χ2n) is 5.30. The summed E-state index contributed by atoms with van der Waals surface area (Å²) in [6.07, 6.45) is 0. The Morgan fingerprint density at radius 1 is 1.42 bits per heavy atom. The van der Waals surface area contributed by atoms with Crippen LogP contribution in [0.5, 0.6) is 0 Å². The van der Waals surface area contributed by atoms with Crippen LogP contribution in [-0.4, -0.2) is 36.2 Å². The van der Waals surface area contributed by atoms with Gasteiger partial charge in [-0.05, 0) is 13.8 Å². The molecule has 2 aromatic heterocycles. The third kappa shape index (κ3) is 4.24. The number of nitrogens with one attached hydrogen (secondary N) is 2. The minimum atomic E-state index is -0.456. The number of hydrogen-bond donors (Lipinski definition) is 2. The van der Waals surface area contributed by atoms with E-state index in [1.807, 2.05) is 0 Å². The van der Waals surface area contributed by atoms with Crippen LogP contribution in [0.4, 0.5) is 10.8 Å². The monoisotopic (exact) mass is 390 g/mol. The number of aryl methyl sites for hydroxylation is 1. The fraction of sp³-hybridized carbons (Fsp3) is 0.200. The van der Waals surface area contributed by atoms with Gasteiger partial charge in [0.2, 0.25) is 11.1 Å². The second kappa shape index (κ2) is 7.62. The maximum absolute atomic E-state index is 12.3. The van der Waals surface area contributed by atoms with Crippen LogP contribution in [-0.2, 0) is 4.79 Å². The quantitative estimate of drug-likeness (QED) is 0.376. The molecule has 0 aliphatic rings. The van der Waals surface area contributed by atoms with E-state index in [0.717, 1.165) is 0 Å². The van der Waals surface area contributed by atoms with E-state index >= 15 is 0 Å². The number of rotatable bonds is 6. The summed E-state index contributed by atoms with van der Waals surface area (Å²) in [5, 5.41) is 22.6. The maximum Gasteiger partial charge on any atom is 0.270 e. The molecule has 0 aliphatic carbocycles. The number of aromatic nitrogens is 4. The van der Waals surface area contributed by atoms with Crippen LogP contribution in [0.3, 0.4) is 0 Å². The first-order valence-electron chi connectivity index (χ1n) is 7.49. The highest BCUT2D eigenvalue weighted by molar-refractivity contribution is 8.00. The molecule has 0 aliphatic heterocycles. The van der Waals surface area contributed by atoms with E-state index in [4.69, 9.17) is 0 Å². The van der Waals surface area contributed by atoms with Crippen molar-refractivity contribution >= 4 is 39.8 Å². The summed E-state index contributed by atoms with van der Waals surface area (Å²) >= 11 is 2.49. The lowest BCUT2D eigenvalue weighted by molar-refractivity contribution is -0.384. The molecule has 1 atom stereocenters. The Morgan fingerprint density at radius 3 is 2.92 bits per heavy atom. The lowest BCUT2D eigenvalue weighted by Gasteiger charge is -2.07. The van der Waals surface area contributed by atoms with Gasteiger partial charge >= 0.3 is 0 Å². The van der Waals surface area contributed by atoms with Crippen molar-refractivity contribution in [3.05, 3.63) is 45.6 Å². The lowest BCUT2D eigenvalue weighted by Crippen LogP contribution is -2.22. The third-order valence-electron chi connectivity index (χ3n) is 3.32. The van der Waals surface area contributed by atoms with Crippen LogP contribution in [0.2, 0.25) is 0 Å². The molecule has 2 heterocycles. The molecule has 1 aromatic carbocycles. The van der Waals surface area contributed by atoms with Crippen LogP contribution >= 0.6 is 23.1 Å². The predicted octanol–water partition coefficient (Wildman–Crippen LogP) is 3.26. The van der Waals surface area contributed by atoms with E-state index < -0.39 is 10.2 Å². The Hall–Kier alpha value is -2.79. The topological polar surface area (TPSA) is 127 Å². The zero-order valence-corrected chi connectivity index (χ0v) is 15.4. The molecule has 1 amide bonds. The van der Waals surface area contributed by atoms with E-state index in [-0.39, 0.29) is 11.6 Å². The molecule has 11 heteroatoms. The van der Waals surface area contributed by atoms with Gasteiger partial charge in [0.05, 0.1) is 15.9 Å². The first-order chi connectivity index (χ1) is 12.4. The summed E-state index contributed by atoms with van der Waals surface area (Å²) in [7, 11) is 0. The van der Waals surface area contributed by atoms with Gasteiger partial charge in [-0.15, -0.1) is 16.4 Å². The van der Waals surface area contributed by atoms with Gasteiger partial charge in [-0.25, -0.2) is 9.97 Å². The number of thiazole rings is 1. The predicted molar refractivity (Wildman–Crippen MR) is 99.3 cm³/mol. The first kappa shape index (κ1) is 18.0. The third-order valence-corrected chi connectivity index (χ3v) is 5.03. The van der Waals surface area contributed by atoms with Crippen molar-refractivity contribution in [2.45, 2.75) is 24.3 Å². The van der Waals surface area contributed by atoms with Crippen molar-refractivity contribution in [3.8, 4) is 11.3 Å². The standard InChI is InChI=1S/C15H14N6O3S2/c1-8(26-15-16-9(2)19-20-15)13(22)18-14-17-12(7-25-14)10-4-3-5-11(6-10)21(23)24/h3-8H,1-2H3,(H,16,19,20)(H,17,18,22). The van der Waals surface area contributed by atoms with Crippen LogP contribution in [0.15, 0.2) is 34.8 Å². The smallest absolute Gasteiger partial charge is 0.270 e. The Kier molecular flexibility index (Phi) is 5.28. The minimum absolute atomic E-state index is 0.00657. The number of non-ortho nitro benzene ring substituents is 1. The summed E-state index contributed by atoms with van der Waals surface area (Å²) in [6.45, 7) is 3.54. The van der Waals surface area contributed by atoms with E-state index in [2.05, 4.69) is 25.5 Å². The van der Waals surface area contributed by atoms with Gasteiger partial charge in [0.1, 0.15) is 5.82 Å². The molecule has 0 saturated carbocycles. The van der Waals surface area contributed by atoms with Crippen LogP contribution in [0.1, 0.15) is 12.7 Å². The zero-order chi connectivity index (χ0) is 18.7. The molecule has 0 saturated heterocycles. The average Bonchev–Trinajstić information content (AvgIpc) is 3.24. The SMILES string of the molecule is Cc1nc(SC(C)C(=O)Nc2nc(-c3cccc([N+](=O)[O-])c3)cs2)n[nH]1. The zero-order valence-electron chi connectivity index (χ0n) is 13.8. The number of thioether (sulfide) groups is 1. The van der Waals surface area contributed by atoms with Crippen LogP contribution in [0.25, 0.3) is 11.3 Å². The molecule has 2 N–H and O–H groups in total. The number of benzene rings is 1. The molecule has 0 spiro atoms. The largest absolute Gasteiger partial charge is 0.301 e. The van der Waals surface area contributed by atoms with Gasteiger partial charge in [-0.3, -0.25) is 20.0 Å². The van der Waals surface area contributed by atoms with E-state index in [0.29, 0.717) is 27.4 Å². The molecule has 9 nitrogen and oxygen atoms in total. The van der Waals surface area contributed by atoms with Gasteiger partial charge in [0, 0.05) is 23.1 Å². The molecule has 0 bridgehead atoms. The first-order valence-corrected chi connectivity index (χ1v) is 9.25. The average molecular weight is 390 g/mol. The number of hydrogen-bond acceptors (Lipinski definition) is 8. The number of anilines is 1. The van der Waals surface area contributed by atoms with Gasteiger partial charge in [0.25, 0.3) is 5.69 Å². The van der Waals surface area contributed by atoms with Gasteiger partial charge in [0.15, 0.2) is 5.13 Å². The highest BCUT2D eigenvalue weighted by atomic mass is 32.2. The van der Waals surface area contributed by atoms with E-state index in [1.165, 1.54) is 35.2 Å². The number of H-pyrrole nitrogens is 1. The normalized spacial score (nSPS) is 11.9. The molecular weight excluding hydrogens is 376 g/mol. The van der Waals surface area contributed by atoms with Gasteiger partial charge in [-0.1, -0.05) is 23.9 Å². The van der Waals surface area contributed by atoms with Crippen molar-refractivity contribution in [1.82, 2.24) is 20.2 Å². The summed E-state index contributed by atoms with van der Waals surface area (Å²) < 4.78 is 0. The number of carbonyl (C=O) groups is 1. The highest BCUT2D eigenvalue weighted by Gasteiger charge is 2.18. The molecule has 3 aromatic rings. The fourth-order valence-electron chi connectivity index (χ4n) is 2.04. The molecule has 134 valence electrons. The fourth-order valence-corrected chi connectivity index (χ4v) is 3.53. The Bertz CT molecular complexity index is 954. The maximum atomic E-state index is 12.3. The Labute approximate surface area is 156 Å². The summed E-state index contributed by atoms with van der Waals surface area (Å²) in [6, 6.07) is 6.20. The Balaban J connectivity index is 1.67. The highest BCUT2D eigenvalue weighted by Crippen LogP contribution is 2.28. The van der Waals surface area contributed by atoms with E-state index in [9.17, 15) is 14.9 Å². The van der Waals surface area contributed by atoms with Gasteiger partial charge < -0.3 is 5.32 Å². The van der Waals surface area contributed by atoms with E-state index in [1.54, 1.807) is 31.4 Å². The number of carbonyl (C=O) groups excluding carboxylic acids is 1. The second-order valence-corrected chi connectivity index (χ2v) is 7.46. The summed E-state index contributed by atoms with van der Waals surface area (Å²) in [4.78, 5) is 31.2. The van der Waals surface area contributed by atoms with Crippen molar-refractivity contribution in [2.75, 3.05) is 5.32 Å². The summed E-state index contributed by atoms with van der Waals surface area (Å²) in [5.74, 6) is 0.457. The van der Waals surface area contributed by atoms with Crippen molar-refractivity contribution in [3.63, 3.8) is 0 Å². The van der Waals surface area contributed by atoms with Gasteiger partial charge in [-0.2, -0.15) is 0 Å². The van der Waals surface area contributed by atoms with Crippen molar-refractivity contribution in [2.24, 2.45) is 0 Å². The van der Waals surface area contributed by atoms with Crippen molar-refractivity contribution < 1.29 is 9.72 Å². The molecule has 26 heavy (non-hydrogen) atoms. The number of nitrogens with zero attached hydrogens (tertiary/aromatic N) is 4. The molecular formula is C15H14N6O3S2. The molecule has 0 fully saturated rings. The molecule has 0 radical (unpaired) electrons. The van der Waals surface area contributed by atoms with Crippen LogP contribution < -0.4 is 5.32 Å². The minimum Gasteiger partial charge on any atom is -0.301 e. The summed E-state index contributed by atoms with van der Waals surface area (Å²) in [5.41, 5.74) is 1.18. The molecule has 1 unspecified atom stereocenters. The number of amides is 1. The molecule has 3 rings (SSSR count). The number of nitro groups is 1. The van der Waals surface area contributed by atoms with Crippen molar-refractivity contribution in [1.29, 1.82) is 0 Å². The number of nitro benzene ring substituents is 1. The number of aromatic amines is 1. The Morgan fingerprint density at radius 2 is 2.23 bits per heavy atom. The lowest BCUT2D eigenvalue weighted by atomic mass is 10.1.